The molecule has 0 aliphatic carbocycles. The van der Waals surface area contributed by atoms with Crippen molar-refractivity contribution in [2.24, 2.45) is 5.73 Å². The summed E-state index contributed by atoms with van der Waals surface area (Å²) in [6.07, 6.45) is -2.96. The van der Waals surface area contributed by atoms with E-state index in [4.69, 9.17) is 16.3 Å². The van der Waals surface area contributed by atoms with Crippen LogP contribution in [0.15, 0.2) is 6.07 Å². The molecule has 0 saturated carbocycles. The van der Waals surface area contributed by atoms with Gasteiger partial charge in [-0.15, -0.1) is 0 Å². The van der Waals surface area contributed by atoms with E-state index in [1.807, 2.05) is 6.07 Å². The molecule has 0 aliphatic heterocycles. The molecule has 4 nitrogen and oxygen atoms in total. The third kappa shape index (κ3) is 2.30. The van der Waals surface area contributed by atoms with E-state index in [1.54, 1.807) is 6.07 Å². The molecule has 2 N–H and O–H groups in total. The number of nitrogens with two attached hydrogens (primary N) is 1. The monoisotopic (exact) mass is 222 g/mol. The molecule has 0 atom stereocenters. The van der Waals surface area contributed by atoms with Gasteiger partial charge in [-0.25, -0.2) is 13.8 Å². The number of nitrogens with zero attached hydrogens (tertiary/aromatic N) is 3. The number of rotatable bonds is 3. The van der Waals surface area contributed by atoms with E-state index < -0.39 is 12.1 Å². The van der Waals surface area contributed by atoms with Crippen LogP contribution in [-0.4, -0.2) is 4.98 Å². The molecular formula is C10H8F2N4. The minimum Gasteiger partial charge on any atom is -0.325 e. The number of nitriles is 2. The molecular weight excluding hydrogens is 214 g/mol. The first-order chi connectivity index (χ1) is 7.63. The Labute approximate surface area is 90.9 Å². The molecule has 1 aromatic rings. The maximum atomic E-state index is 12.6. The van der Waals surface area contributed by atoms with Crippen molar-refractivity contribution >= 4 is 0 Å². The normalized spacial score (nSPS) is 9.88. The fourth-order valence-corrected chi connectivity index (χ4v) is 1.30. The standard InChI is InChI=1S/C10H8F2N4/c11-10(12)9-8(5-15)6(1-2-13)3-7(4-14)16-9/h3,10H,1,4,14H2. The minimum atomic E-state index is -2.85. The van der Waals surface area contributed by atoms with Crippen molar-refractivity contribution in [3.63, 3.8) is 0 Å². The molecule has 0 bridgehead atoms. The van der Waals surface area contributed by atoms with E-state index in [9.17, 15) is 8.78 Å². The molecule has 6 heteroatoms. The highest BCUT2D eigenvalue weighted by Gasteiger charge is 2.19. The summed E-state index contributed by atoms with van der Waals surface area (Å²) in [6.45, 7) is -0.0101. The predicted molar refractivity (Wildman–Crippen MR) is 51.1 cm³/mol. The lowest BCUT2D eigenvalue weighted by molar-refractivity contribution is 0.145. The van der Waals surface area contributed by atoms with E-state index in [1.165, 1.54) is 6.07 Å². The Balaban J connectivity index is 3.43. The van der Waals surface area contributed by atoms with Gasteiger partial charge in [-0.2, -0.15) is 10.5 Å². The van der Waals surface area contributed by atoms with Crippen LogP contribution in [0.5, 0.6) is 0 Å². The molecule has 1 aromatic heterocycles. The van der Waals surface area contributed by atoms with Crippen molar-refractivity contribution in [3.8, 4) is 12.1 Å². The quantitative estimate of drug-likeness (QED) is 0.837. The SMILES string of the molecule is N#CCc1cc(CN)nc(C(F)F)c1C#N. The molecule has 1 rings (SSSR count). The summed E-state index contributed by atoms with van der Waals surface area (Å²) in [6, 6.07) is 4.87. The molecule has 0 saturated heterocycles. The van der Waals surface area contributed by atoms with Gasteiger partial charge in [0.2, 0.25) is 0 Å². The Hall–Kier alpha value is -2.05. The summed E-state index contributed by atoms with van der Waals surface area (Å²) < 4.78 is 25.2. The smallest absolute Gasteiger partial charge is 0.281 e. The zero-order valence-electron chi connectivity index (χ0n) is 8.24. The van der Waals surface area contributed by atoms with E-state index in [2.05, 4.69) is 4.98 Å². The van der Waals surface area contributed by atoms with Crippen molar-refractivity contribution in [2.45, 2.75) is 19.4 Å². The summed E-state index contributed by atoms with van der Waals surface area (Å²) >= 11 is 0. The van der Waals surface area contributed by atoms with Crippen LogP contribution in [0.4, 0.5) is 8.78 Å². The number of hydrogen-bond acceptors (Lipinski definition) is 4. The van der Waals surface area contributed by atoms with Crippen LogP contribution in [0.1, 0.15) is 28.9 Å². The van der Waals surface area contributed by atoms with Crippen LogP contribution in [0.2, 0.25) is 0 Å². The second kappa shape index (κ2) is 5.15. The third-order valence-electron chi connectivity index (χ3n) is 1.98. The molecule has 0 unspecified atom stereocenters. The van der Waals surface area contributed by atoms with Gasteiger partial charge in [0.15, 0.2) is 0 Å². The summed E-state index contributed by atoms with van der Waals surface area (Å²) in [5.74, 6) is 0. The van der Waals surface area contributed by atoms with Crippen LogP contribution in [0, 0.1) is 22.7 Å². The first-order valence-corrected chi connectivity index (χ1v) is 4.42. The fraction of sp³-hybridized carbons (Fsp3) is 0.300. The van der Waals surface area contributed by atoms with Crippen LogP contribution in [-0.2, 0) is 13.0 Å². The lowest BCUT2D eigenvalue weighted by Crippen LogP contribution is -2.07. The van der Waals surface area contributed by atoms with E-state index in [-0.39, 0.29) is 29.8 Å². The minimum absolute atomic E-state index is 0.0101. The lowest BCUT2D eigenvalue weighted by atomic mass is 10.0. The van der Waals surface area contributed by atoms with Crippen molar-refractivity contribution in [1.82, 2.24) is 4.98 Å². The Kier molecular flexibility index (Phi) is 3.87. The molecule has 0 amide bonds. The van der Waals surface area contributed by atoms with Gasteiger partial charge in [-0.05, 0) is 11.6 Å². The van der Waals surface area contributed by atoms with Crippen LogP contribution in [0.3, 0.4) is 0 Å². The summed E-state index contributed by atoms with van der Waals surface area (Å²) in [5.41, 5.74) is 4.97. The van der Waals surface area contributed by atoms with Crippen molar-refractivity contribution < 1.29 is 8.78 Å². The second-order valence-electron chi connectivity index (χ2n) is 2.98. The highest BCUT2D eigenvalue weighted by Crippen LogP contribution is 2.24. The average Bonchev–Trinajstić information content (AvgIpc) is 2.28. The van der Waals surface area contributed by atoms with Crippen LogP contribution in [0.25, 0.3) is 0 Å². The first kappa shape index (κ1) is 12.0. The third-order valence-corrected chi connectivity index (χ3v) is 1.98. The van der Waals surface area contributed by atoms with Gasteiger partial charge >= 0.3 is 0 Å². The topological polar surface area (TPSA) is 86.5 Å². The average molecular weight is 222 g/mol. The number of pyridine rings is 1. The molecule has 82 valence electrons. The second-order valence-corrected chi connectivity index (χ2v) is 2.98. The maximum Gasteiger partial charge on any atom is 0.281 e. The lowest BCUT2D eigenvalue weighted by Gasteiger charge is -2.08. The number of aromatic nitrogens is 1. The zero-order chi connectivity index (χ0) is 12.1. The predicted octanol–water partition coefficient (Wildman–Crippen LogP) is 1.42. The number of halogens is 2. The van der Waals surface area contributed by atoms with E-state index >= 15 is 0 Å². The summed E-state index contributed by atoms with van der Waals surface area (Å²) in [7, 11) is 0. The molecule has 1 heterocycles. The van der Waals surface area contributed by atoms with Gasteiger partial charge in [0, 0.05) is 6.54 Å². The first-order valence-electron chi connectivity index (χ1n) is 4.42. The van der Waals surface area contributed by atoms with Crippen molar-refractivity contribution in [3.05, 3.63) is 28.6 Å². The Morgan fingerprint density at radius 2 is 2.12 bits per heavy atom. The summed E-state index contributed by atoms with van der Waals surface area (Å²) in [5, 5.41) is 17.3. The van der Waals surface area contributed by atoms with Crippen molar-refractivity contribution in [2.75, 3.05) is 0 Å². The Morgan fingerprint density at radius 3 is 2.56 bits per heavy atom. The van der Waals surface area contributed by atoms with E-state index in [0.717, 1.165) is 0 Å². The maximum absolute atomic E-state index is 12.6. The molecule has 16 heavy (non-hydrogen) atoms. The molecule has 0 aliphatic rings. The van der Waals surface area contributed by atoms with Gasteiger partial charge in [-0.3, -0.25) is 0 Å². The van der Waals surface area contributed by atoms with Gasteiger partial charge < -0.3 is 5.73 Å². The summed E-state index contributed by atoms with van der Waals surface area (Å²) in [4.78, 5) is 3.60. The fourth-order valence-electron chi connectivity index (χ4n) is 1.30. The van der Waals surface area contributed by atoms with Gasteiger partial charge in [0.25, 0.3) is 6.43 Å². The highest BCUT2D eigenvalue weighted by atomic mass is 19.3. The molecule has 0 fully saturated rings. The Bertz CT molecular complexity index is 471. The van der Waals surface area contributed by atoms with E-state index in [0.29, 0.717) is 0 Å². The van der Waals surface area contributed by atoms with Crippen LogP contribution < -0.4 is 5.73 Å². The largest absolute Gasteiger partial charge is 0.325 e. The van der Waals surface area contributed by atoms with Crippen LogP contribution >= 0.6 is 0 Å². The molecule has 0 aromatic carbocycles. The molecule has 0 radical (unpaired) electrons. The van der Waals surface area contributed by atoms with Gasteiger partial charge in [0.05, 0.1) is 23.7 Å². The molecule has 0 spiro atoms. The highest BCUT2D eigenvalue weighted by molar-refractivity contribution is 5.44. The van der Waals surface area contributed by atoms with Gasteiger partial charge in [-0.1, -0.05) is 0 Å². The zero-order valence-corrected chi connectivity index (χ0v) is 8.24. The Morgan fingerprint density at radius 1 is 1.44 bits per heavy atom. The van der Waals surface area contributed by atoms with Crippen molar-refractivity contribution in [1.29, 1.82) is 10.5 Å². The number of hydrogen-bond donors (Lipinski definition) is 1. The van der Waals surface area contributed by atoms with Gasteiger partial charge in [0.1, 0.15) is 11.8 Å². The number of alkyl halides is 2.